The van der Waals surface area contributed by atoms with Gasteiger partial charge in [-0.3, -0.25) is 4.98 Å². The lowest BCUT2D eigenvalue weighted by Gasteiger charge is -2.13. The molecule has 4 nitrogen and oxygen atoms in total. The Morgan fingerprint density at radius 1 is 0.857 bits per heavy atom. The molecule has 2 heterocycles. The van der Waals surface area contributed by atoms with Crippen LogP contribution < -0.4 is 9.47 Å². The van der Waals surface area contributed by atoms with Gasteiger partial charge in [-0.1, -0.05) is 17.7 Å². The van der Waals surface area contributed by atoms with E-state index in [9.17, 15) is 0 Å². The number of rotatable bonds is 3. The topological polar surface area (TPSA) is 44.5 Å². The third-order valence-corrected chi connectivity index (χ3v) is 5.37. The molecule has 0 amide bonds. The number of furan rings is 1. The van der Waals surface area contributed by atoms with Gasteiger partial charge in [0.1, 0.15) is 5.58 Å². The summed E-state index contributed by atoms with van der Waals surface area (Å²) in [4.78, 5) is 4.40. The number of aromatic nitrogens is 1. The molecule has 0 spiro atoms. The number of ether oxygens (including phenoxy) is 2. The highest BCUT2D eigenvalue weighted by molar-refractivity contribution is 6.35. The van der Waals surface area contributed by atoms with Crippen molar-refractivity contribution in [1.82, 2.24) is 4.98 Å². The summed E-state index contributed by atoms with van der Waals surface area (Å²) in [6, 6.07) is 15.9. The van der Waals surface area contributed by atoms with Crippen LogP contribution in [0.4, 0.5) is 0 Å². The largest absolute Gasteiger partial charge is 0.493 e. The fourth-order valence-electron chi connectivity index (χ4n) is 3.71. The summed E-state index contributed by atoms with van der Waals surface area (Å²) < 4.78 is 16.9. The summed E-state index contributed by atoms with van der Waals surface area (Å²) in [6.07, 6.45) is 3.42. The van der Waals surface area contributed by atoms with Crippen molar-refractivity contribution in [2.24, 2.45) is 0 Å². The Balaban J connectivity index is 1.91. The minimum Gasteiger partial charge on any atom is -0.493 e. The number of hydrogen-bond acceptors (Lipinski definition) is 4. The van der Waals surface area contributed by atoms with Gasteiger partial charge < -0.3 is 13.9 Å². The minimum atomic E-state index is 0.669. The van der Waals surface area contributed by atoms with E-state index in [0.29, 0.717) is 16.5 Å². The van der Waals surface area contributed by atoms with Crippen molar-refractivity contribution in [1.29, 1.82) is 0 Å². The summed E-state index contributed by atoms with van der Waals surface area (Å²) in [5, 5.41) is 4.64. The summed E-state index contributed by atoms with van der Waals surface area (Å²) in [5.41, 5.74) is 3.66. The van der Waals surface area contributed by atoms with E-state index >= 15 is 0 Å². The van der Waals surface area contributed by atoms with Crippen LogP contribution in [-0.4, -0.2) is 19.2 Å². The maximum absolute atomic E-state index is 6.42. The molecule has 0 N–H and O–H groups in total. The fraction of sp³-hybridized carbons (Fsp3) is 0.0870. The van der Waals surface area contributed by atoms with Crippen LogP contribution in [0.5, 0.6) is 11.5 Å². The van der Waals surface area contributed by atoms with Crippen molar-refractivity contribution in [3.8, 4) is 22.6 Å². The van der Waals surface area contributed by atoms with Gasteiger partial charge in [-0.2, -0.15) is 0 Å². The molecule has 3 aromatic carbocycles. The number of hydrogen-bond donors (Lipinski definition) is 0. The smallest absolute Gasteiger partial charge is 0.161 e. The molecule has 0 saturated heterocycles. The van der Waals surface area contributed by atoms with E-state index in [-0.39, 0.29) is 0 Å². The highest BCUT2D eigenvalue weighted by Gasteiger charge is 2.16. The zero-order valence-electron chi connectivity index (χ0n) is 15.3. The van der Waals surface area contributed by atoms with Crippen molar-refractivity contribution in [3.63, 3.8) is 0 Å². The normalized spacial score (nSPS) is 11.4. The van der Waals surface area contributed by atoms with Crippen LogP contribution in [0.1, 0.15) is 0 Å². The molecular weight excluding hydrogens is 374 g/mol. The molecule has 0 bridgehead atoms. The Bertz CT molecular complexity index is 1360. The standard InChI is InChI=1S/C23H16ClNO3/c1-26-20-11-15-9-14-6-8-28-23(14)22(16(15)12-21(20)27-2)13-3-4-19-17(10-13)18(24)5-7-25-19/h3-12H,1-2H3. The Morgan fingerprint density at radius 2 is 1.68 bits per heavy atom. The number of pyridine rings is 1. The molecule has 5 rings (SSSR count). The van der Waals surface area contributed by atoms with E-state index in [1.165, 1.54) is 0 Å². The van der Waals surface area contributed by atoms with E-state index in [0.717, 1.165) is 43.8 Å². The Morgan fingerprint density at radius 3 is 2.50 bits per heavy atom. The molecular formula is C23H16ClNO3. The SMILES string of the molecule is COc1cc2cc3ccoc3c(-c3ccc4nccc(Cl)c4c3)c2cc1OC. The maximum atomic E-state index is 6.42. The lowest BCUT2D eigenvalue weighted by molar-refractivity contribution is 0.356. The van der Waals surface area contributed by atoms with E-state index in [2.05, 4.69) is 17.1 Å². The molecule has 0 aliphatic heterocycles. The molecule has 5 aromatic rings. The highest BCUT2D eigenvalue weighted by Crippen LogP contribution is 2.42. The summed E-state index contributed by atoms with van der Waals surface area (Å²) in [6.45, 7) is 0. The van der Waals surface area contributed by atoms with Gasteiger partial charge in [0.05, 0.1) is 31.0 Å². The van der Waals surface area contributed by atoms with Gasteiger partial charge in [-0.05, 0) is 58.8 Å². The zero-order valence-corrected chi connectivity index (χ0v) is 16.1. The second-order valence-corrected chi connectivity index (χ2v) is 6.95. The second-order valence-electron chi connectivity index (χ2n) is 6.54. The Labute approximate surface area is 166 Å². The quantitative estimate of drug-likeness (QED) is 0.354. The van der Waals surface area contributed by atoms with Gasteiger partial charge in [0.2, 0.25) is 0 Å². The van der Waals surface area contributed by atoms with E-state index < -0.39 is 0 Å². The number of nitrogens with zero attached hydrogens (tertiary/aromatic N) is 1. The first-order chi connectivity index (χ1) is 13.7. The first-order valence-corrected chi connectivity index (χ1v) is 9.18. The number of fused-ring (bicyclic) bond motifs is 3. The van der Waals surface area contributed by atoms with Crippen LogP contribution in [0, 0.1) is 0 Å². The van der Waals surface area contributed by atoms with E-state index in [4.69, 9.17) is 25.5 Å². The van der Waals surface area contributed by atoms with Crippen molar-refractivity contribution in [2.45, 2.75) is 0 Å². The van der Waals surface area contributed by atoms with Gasteiger partial charge >= 0.3 is 0 Å². The lowest BCUT2D eigenvalue weighted by Crippen LogP contribution is -1.92. The van der Waals surface area contributed by atoms with Crippen LogP contribution in [0.3, 0.4) is 0 Å². The molecule has 138 valence electrons. The van der Waals surface area contributed by atoms with Crippen molar-refractivity contribution in [3.05, 3.63) is 66.0 Å². The lowest BCUT2D eigenvalue weighted by atomic mass is 9.94. The molecule has 0 aliphatic rings. The van der Waals surface area contributed by atoms with Crippen molar-refractivity contribution >= 4 is 44.2 Å². The summed E-state index contributed by atoms with van der Waals surface area (Å²) in [7, 11) is 3.27. The third kappa shape index (κ3) is 2.49. The molecule has 0 fully saturated rings. The first kappa shape index (κ1) is 16.9. The third-order valence-electron chi connectivity index (χ3n) is 5.04. The van der Waals surface area contributed by atoms with Gasteiger partial charge in [0.15, 0.2) is 11.5 Å². The van der Waals surface area contributed by atoms with Gasteiger partial charge in [-0.25, -0.2) is 0 Å². The molecule has 28 heavy (non-hydrogen) atoms. The van der Waals surface area contributed by atoms with Crippen LogP contribution in [0.2, 0.25) is 5.02 Å². The number of benzene rings is 3. The fourth-order valence-corrected chi connectivity index (χ4v) is 3.92. The molecule has 0 atom stereocenters. The summed E-state index contributed by atoms with van der Waals surface area (Å²) >= 11 is 6.42. The average Bonchev–Trinajstić information content (AvgIpc) is 3.19. The van der Waals surface area contributed by atoms with Crippen molar-refractivity contribution < 1.29 is 13.9 Å². The van der Waals surface area contributed by atoms with Crippen LogP contribution in [0.15, 0.2) is 65.4 Å². The summed E-state index contributed by atoms with van der Waals surface area (Å²) in [5.74, 6) is 1.36. The molecule has 5 heteroatoms. The predicted molar refractivity (Wildman–Crippen MR) is 113 cm³/mol. The van der Waals surface area contributed by atoms with Crippen molar-refractivity contribution in [2.75, 3.05) is 14.2 Å². The van der Waals surface area contributed by atoms with Crippen LogP contribution in [-0.2, 0) is 0 Å². The second kappa shape index (κ2) is 6.43. The van der Waals surface area contributed by atoms with Gasteiger partial charge in [-0.15, -0.1) is 0 Å². The van der Waals surface area contributed by atoms with Gasteiger partial charge in [0, 0.05) is 22.5 Å². The molecule has 0 saturated carbocycles. The average molecular weight is 390 g/mol. The molecule has 0 unspecified atom stereocenters. The first-order valence-electron chi connectivity index (χ1n) is 8.80. The minimum absolute atomic E-state index is 0.669. The van der Waals surface area contributed by atoms with E-state index in [1.807, 2.05) is 30.3 Å². The zero-order chi connectivity index (χ0) is 19.3. The number of halogens is 1. The Hall–Kier alpha value is -3.24. The van der Waals surface area contributed by atoms with Crippen LogP contribution in [0.25, 0.3) is 43.8 Å². The van der Waals surface area contributed by atoms with Crippen LogP contribution >= 0.6 is 11.6 Å². The monoisotopic (exact) mass is 389 g/mol. The number of methoxy groups -OCH3 is 2. The molecule has 2 aromatic heterocycles. The maximum Gasteiger partial charge on any atom is 0.161 e. The Kier molecular flexibility index (Phi) is 3.88. The molecule has 0 radical (unpaired) electrons. The predicted octanol–water partition coefficient (Wildman–Crippen LogP) is 6.47. The highest BCUT2D eigenvalue weighted by atomic mass is 35.5. The molecule has 0 aliphatic carbocycles. The van der Waals surface area contributed by atoms with Gasteiger partial charge in [0.25, 0.3) is 0 Å². The van der Waals surface area contributed by atoms with E-state index in [1.54, 1.807) is 32.7 Å².